The Bertz CT molecular complexity index is 865. The van der Waals surface area contributed by atoms with E-state index in [1.807, 2.05) is 6.07 Å². The summed E-state index contributed by atoms with van der Waals surface area (Å²) in [5, 5.41) is 0. The van der Waals surface area contributed by atoms with Crippen molar-refractivity contribution in [2.24, 2.45) is 11.3 Å². The number of hydrogen-bond donors (Lipinski definition) is 0. The highest BCUT2D eigenvalue weighted by Gasteiger charge is 2.75. The van der Waals surface area contributed by atoms with Crippen LogP contribution in [0.15, 0.2) is 24.3 Å². The van der Waals surface area contributed by atoms with Gasteiger partial charge in [0.2, 0.25) is 5.91 Å². The highest BCUT2D eigenvalue weighted by molar-refractivity contribution is 6.01. The van der Waals surface area contributed by atoms with Crippen LogP contribution in [0, 0.1) is 11.3 Å². The van der Waals surface area contributed by atoms with E-state index in [4.69, 9.17) is 9.47 Å². The lowest BCUT2D eigenvalue weighted by Gasteiger charge is -2.63. The number of ether oxygens (including phenoxy) is 2. The molecule has 5 heteroatoms. The third kappa shape index (κ3) is 1.37. The van der Waals surface area contributed by atoms with Gasteiger partial charge in [-0.25, -0.2) is 0 Å². The molecule has 0 N–H and O–H groups in total. The number of fused-ring (bicyclic) bond motifs is 3. The first-order chi connectivity index (χ1) is 12.7. The molecular formula is C21H24N2O3. The van der Waals surface area contributed by atoms with E-state index in [0.29, 0.717) is 24.0 Å². The van der Waals surface area contributed by atoms with Gasteiger partial charge in [0.25, 0.3) is 0 Å². The maximum absolute atomic E-state index is 13.3. The molecule has 4 heterocycles. The fourth-order valence-electron chi connectivity index (χ4n) is 7.12. The molecule has 6 rings (SSSR count). The first-order valence-corrected chi connectivity index (χ1v) is 9.68. The van der Waals surface area contributed by atoms with Crippen molar-refractivity contribution in [3.05, 3.63) is 29.8 Å². The third-order valence-corrected chi connectivity index (χ3v) is 7.82. The molecule has 4 atom stereocenters. The lowest BCUT2D eigenvalue weighted by Crippen LogP contribution is -2.72. The molecule has 0 radical (unpaired) electrons. The van der Waals surface area contributed by atoms with Crippen molar-refractivity contribution >= 4 is 11.6 Å². The summed E-state index contributed by atoms with van der Waals surface area (Å²) < 4.78 is 11.2. The van der Waals surface area contributed by atoms with E-state index in [-0.39, 0.29) is 17.0 Å². The molecule has 1 spiro atoms. The fraction of sp³-hybridized carbons (Fsp3) is 0.571. The van der Waals surface area contributed by atoms with Gasteiger partial charge >= 0.3 is 0 Å². The number of anilines is 1. The molecule has 2 unspecified atom stereocenters. The molecule has 26 heavy (non-hydrogen) atoms. The predicted octanol–water partition coefficient (Wildman–Crippen LogP) is 2.91. The SMILES string of the molecule is COc1cc2c(cc1OC)N1C(=O)C[C@]34C=CCN5CCC2[C@@H](CC3)C514. The maximum atomic E-state index is 13.3. The number of hydrogen-bond acceptors (Lipinski definition) is 4. The molecule has 2 saturated heterocycles. The van der Waals surface area contributed by atoms with Crippen molar-refractivity contribution in [1.29, 1.82) is 0 Å². The van der Waals surface area contributed by atoms with Crippen LogP contribution in [0.4, 0.5) is 5.69 Å². The average Bonchev–Trinajstić information content (AvgIpc) is 3.12. The summed E-state index contributed by atoms with van der Waals surface area (Å²) in [5.74, 6) is 2.75. The van der Waals surface area contributed by atoms with Crippen molar-refractivity contribution in [2.45, 2.75) is 37.3 Å². The number of amides is 1. The van der Waals surface area contributed by atoms with Crippen LogP contribution in [0.2, 0.25) is 0 Å². The van der Waals surface area contributed by atoms with E-state index >= 15 is 0 Å². The van der Waals surface area contributed by atoms with Gasteiger partial charge in [0.05, 0.1) is 19.9 Å². The Morgan fingerprint density at radius 2 is 1.96 bits per heavy atom. The Kier molecular flexibility index (Phi) is 2.69. The zero-order valence-corrected chi connectivity index (χ0v) is 15.3. The number of rotatable bonds is 2. The van der Waals surface area contributed by atoms with Crippen molar-refractivity contribution in [3.63, 3.8) is 0 Å². The van der Waals surface area contributed by atoms with E-state index in [1.54, 1.807) is 14.2 Å². The summed E-state index contributed by atoms with van der Waals surface area (Å²) in [6.07, 6.45) is 8.79. The minimum atomic E-state index is -0.158. The summed E-state index contributed by atoms with van der Waals surface area (Å²) in [7, 11) is 3.35. The van der Waals surface area contributed by atoms with E-state index in [2.05, 4.69) is 28.0 Å². The van der Waals surface area contributed by atoms with Crippen LogP contribution in [0.3, 0.4) is 0 Å². The van der Waals surface area contributed by atoms with Gasteiger partial charge in [0, 0.05) is 36.9 Å². The van der Waals surface area contributed by atoms with Gasteiger partial charge < -0.3 is 9.47 Å². The number of nitrogens with zero attached hydrogens (tertiary/aromatic N) is 2. The van der Waals surface area contributed by atoms with Crippen LogP contribution in [0.25, 0.3) is 0 Å². The molecule has 1 aromatic rings. The quantitative estimate of drug-likeness (QED) is 0.768. The molecule has 4 aliphatic heterocycles. The molecule has 5 aliphatic rings. The third-order valence-electron chi connectivity index (χ3n) is 7.82. The van der Waals surface area contributed by atoms with Crippen LogP contribution in [-0.4, -0.2) is 43.8 Å². The van der Waals surface area contributed by atoms with E-state index in [0.717, 1.165) is 37.4 Å². The molecule has 1 aromatic carbocycles. The topological polar surface area (TPSA) is 42.0 Å². The molecule has 1 saturated carbocycles. The van der Waals surface area contributed by atoms with Crippen molar-refractivity contribution in [3.8, 4) is 11.5 Å². The zero-order chi connectivity index (χ0) is 17.7. The number of carbonyl (C=O) groups is 1. The van der Waals surface area contributed by atoms with Gasteiger partial charge in [-0.15, -0.1) is 0 Å². The molecule has 1 aliphatic carbocycles. The highest BCUT2D eigenvalue weighted by atomic mass is 16.5. The lowest BCUT2D eigenvalue weighted by molar-refractivity contribution is -0.119. The fourth-order valence-corrected chi connectivity index (χ4v) is 7.12. The number of piperidine rings is 1. The van der Waals surface area contributed by atoms with Crippen LogP contribution in [0.5, 0.6) is 11.5 Å². The molecule has 0 aromatic heterocycles. The number of benzene rings is 1. The normalized spacial score (nSPS) is 39.0. The van der Waals surface area contributed by atoms with Crippen LogP contribution in [0.1, 0.15) is 37.2 Å². The smallest absolute Gasteiger partial charge is 0.229 e. The molecule has 3 fully saturated rings. The Morgan fingerprint density at radius 3 is 2.77 bits per heavy atom. The second kappa shape index (κ2) is 4.63. The summed E-state index contributed by atoms with van der Waals surface area (Å²) in [6, 6.07) is 4.17. The molecule has 5 nitrogen and oxygen atoms in total. The molecule has 1 amide bonds. The average molecular weight is 352 g/mol. The van der Waals surface area contributed by atoms with Gasteiger partial charge in [-0.1, -0.05) is 12.2 Å². The summed E-state index contributed by atoms with van der Waals surface area (Å²) in [5.41, 5.74) is 2.15. The van der Waals surface area contributed by atoms with Gasteiger partial charge in [0.15, 0.2) is 11.5 Å². The minimum absolute atomic E-state index is 0.0173. The Hall–Kier alpha value is -2.01. The second-order valence-corrected chi connectivity index (χ2v) is 8.44. The van der Waals surface area contributed by atoms with E-state index < -0.39 is 0 Å². The maximum Gasteiger partial charge on any atom is 0.229 e. The van der Waals surface area contributed by atoms with Gasteiger partial charge in [-0.05, 0) is 36.8 Å². The largest absolute Gasteiger partial charge is 0.493 e. The number of methoxy groups -OCH3 is 2. The Labute approximate surface area is 153 Å². The zero-order valence-electron chi connectivity index (χ0n) is 15.3. The first-order valence-electron chi connectivity index (χ1n) is 9.68. The summed E-state index contributed by atoms with van der Waals surface area (Å²) in [4.78, 5) is 18.1. The van der Waals surface area contributed by atoms with Crippen LogP contribution >= 0.6 is 0 Å². The second-order valence-electron chi connectivity index (χ2n) is 8.44. The van der Waals surface area contributed by atoms with Crippen molar-refractivity contribution in [2.75, 3.05) is 32.2 Å². The Morgan fingerprint density at radius 1 is 1.15 bits per heavy atom. The monoisotopic (exact) mass is 352 g/mol. The van der Waals surface area contributed by atoms with Crippen molar-refractivity contribution in [1.82, 2.24) is 4.90 Å². The van der Waals surface area contributed by atoms with Gasteiger partial charge in [0.1, 0.15) is 5.66 Å². The van der Waals surface area contributed by atoms with E-state index in [9.17, 15) is 4.79 Å². The number of carbonyl (C=O) groups excluding carboxylic acids is 1. The Balaban J connectivity index is 1.67. The molecule has 136 valence electrons. The predicted molar refractivity (Wildman–Crippen MR) is 97.6 cm³/mol. The van der Waals surface area contributed by atoms with Crippen molar-refractivity contribution < 1.29 is 14.3 Å². The lowest BCUT2D eigenvalue weighted by atomic mass is 9.63. The van der Waals surface area contributed by atoms with E-state index in [1.165, 1.54) is 12.0 Å². The standard InChI is InChI=1S/C21H24N2O3/c1-25-17-10-14-13-5-9-22-8-3-6-20-7-4-15(13)21(20,22)23(19(24)12-20)16(14)11-18(17)26-2/h3,6,10-11,13,15H,4-5,7-9,12H2,1-2H3/t13?,15-,20+,21?/m1/s1. The highest BCUT2D eigenvalue weighted by Crippen LogP contribution is 2.71. The van der Waals surface area contributed by atoms with Gasteiger partial charge in [-0.3, -0.25) is 14.6 Å². The minimum Gasteiger partial charge on any atom is -0.493 e. The van der Waals surface area contributed by atoms with Crippen LogP contribution in [-0.2, 0) is 4.79 Å². The summed E-state index contributed by atoms with van der Waals surface area (Å²) >= 11 is 0. The van der Waals surface area contributed by atoms with Crippen LogP contribution < -0.4 is 14.4 Å². The molecule has 2 bridgehead atoms. The summed E-state index contributed by atoms with van der Waals surface area (Å²) in [6.45, 7) is 2.02. The van der Waals surface area contributed by atoms with Gasteiger partial charge in [-0.2, -0.15) is 0 Å². The first kappa shape index (κ1) is 15.1. The molecular weight excluding hydrogens is 328 g/mol.